The fourth-order valence-corrected chi connectivity index (χ4v) is 2.56. The van der Waals surface area contributed by atoms with E-state index in [9.17, 15) is 4.79 Å². The van der Waals surface area contributed by atoms with E-state index in [0.717, 1.165) is 18.4 Å². The summed E-state index contributed by atoms with van der Waals surface area (Å²) in [6.45, 7) is 4.37. The van der Waals surface area contributed by atoms with Crippen LogP contribution in [0.3, 0.4) is 0 Å². The molecule has 20 heavy (non-hydrogen) atoms. The molecule has 2 rings (SSSR count). The first kappa shape index (κ1) is 15.0. The Morgan fingerprint density at radius 1 is 1.40 bits per heavy atom. The summed E-state index contributed by atoms with van der Waals surface area (Å²) in [7, 11) is 0. The number of carbonyl (C=O) groups is 1. The summed E-state index contributed by atoms with van der Waals surface area (Å²) in [5.74, 6) is 0.222. The van der Waals surface area contributed by atoms with E-state index in [-0.39, 0.29) is 23.4 Å². The highest BCUT2D eigenvalue weighted by atomic mass is 16.2. The Morgan fingerprint density at radius 3 is 2.50 bits per heavy atom. The average molecular weight is 275 g/mol. The number of carbonyl (C=O) groups excluding carboxylic acids is 1. The highest BCUT2D eigenvalue weighted by Gasteiger charge is 2.42. The average Bonchev–Trinajstić information content (AvgIpc) is 3.31. The van der Waals surface area contributed by atoms with Crippen molar-refractivity contribution in [3.05, 3.63) is 35.9 Å². The lowest BCUT2D eigenvalue weighted by Gasteiger charge is -2.32. The Hall–Kier alpha value is -1.39. The molecule has 0 heterocycles. The van der Waals surface area contributed by atoms with E-state index in [0.29, 0.717) is 12.5 Å². The Labute approximate surface area is 120 Å². The maximum Gasteiger partial charge on any atom is 0.225 e. The van der Waals surface area contributed by atoms with Crippen molar-refractivity contribution >= 4 is 5.91 Å². The van der Waals surface area contributed by atoms with Crippen LogP contribution in [0, 0.1) is 11.8 Å². The molecule has 5 N–H and O–H groups in total. The lowest BCUT2D eigenvalue weighted by atomic mass is 9.91. The summed E-state index contributed by atoms with van der Waals surface area (Å²) in [6, 6.07) is 9.44. The van der Waals surface area contributed by atoms with Crippen LogP contribution < -0.4 is 16.8 Å². The van der Waals surface area contributed by atoms with Gasteiger partial charge in [0.15, 0.2) is 0 Å². The highest BCUT2D eigenvalue weighted by molar-refractivity contribution is 5.80. The minimum absolute atomic E-state index is 0.0128. The molecule has 1 aliphatic rings. The predicted octanol–water partition coefficient (Wildman–Crippen LogP) is 1.57. The van der Waals surface area contributed by atoms with E-state index in [2.05, 4.69) is 5.32 Å². The molecule has 0 aromatic heterocycles. The van der Waals surface area contributed by atoms with E-state index < -0.39 is 0 Å². The fraction of sp³-hybridized carbons (Fsp3) is 0.562. The van der Waals surface area contributed by atoms with Crippen LogP contribution in [0.4, 0.5) is 0 Å². The van der Waals surface area contributed by atoms with Crippen LogP contribution in [-0.2, 0) is 4.79 Å². The van der Waals surface area contributed by atoms with Crippen molar-refractivity contribution in [2.75, 3.05) is 6.54 Å². The molecule has 1 aliphatic carbocycles. The van der Waals surface area contributed by atoms with Gasteiger partial charge in [-0.15, -0.1) is 0 Å². The van der Waals surface area contributed by atoms with Crippen molar-refractivity contribution in [3.63, 3.8) is 0 Å². The molecule has 4 heteroatoms. The number of hydrogen-bond donors (Lipinski definition) is 3. The molecule has 0 spiro atoms. The Balaban J connectivity index is 2.01. The number of hydrogen-bond acceptors (Lipinski definition) is 3. The van der Waals surface area contributed by atoms with Crippen molar-refractivity contribution in [2.45, 2.75) is 38.3 Å². The van der Waals surface area contributed by atoms with Gasteiger partial charge in [0, 0.05) is 12.6 Å². The minimum atomic E-state index is -0.294. The molecule has 1 aromatic rings. The lowest BCUT2D eigenvalue weighted by molar-refractivity contribution is -0.127. The third kappa shape index (κ3) is 3.19. The molecule has 1 fully saturated rings. The molecular weight excluding hydrogens is 250 g/mol. The molecule has 0 bridgehead atoms. The van der Waals surface area contributed by atoms with Crippen LogP contribution >= 0.6 is 0 Å². The number of nitrogens with one attached hydrogen (secondary N) is 1. The lowest BCUT2D eigenvalue weighted by Crippen LogP contribution is -2.55. The van der Waals surface area contributed by atoms with Gasteiger partial charge in [0.1, 0.15) is 0 Å². The van der Waals surface area contributed by atoms with Gasteiger partial charge in [-0.25, -0.2) is 0 Å². The molecule has 1 amide bonds. The second kappa shape index (κ2) is 5.94. The van der Waals surface area contributed by atoms with Gasteiger partial charge in [-0.3, -0.25) is 4.79 Å². The van der Waals surface area contributed by atoms with Crippen molar-refractivity contribution in [2.24, 2.45) is 23.3 Å². The minimum Gasteiger partial charge on any atom is -0.349 e. The van der Waals surface area contributed by atoms with Gasteiger partial charge in [-0.2, -0.15) is 0 Å². The summed E-state index contributed by atoms with van der Waals surface area (Å²) >= 11 is 0. The van der Waals surface area contributed by atoms with Crippen LogP contribution in [-0.4, -0.2) is 18.0 Å². The molecule has 110 valence electrons. The Kier molecular flexibility index (Phi) is 4.45. The number of rotatable bonds is 6. The predicted molar refractivity (Wildman–Crippen MR) is 80.9 cm³/mol. The second-order valence-corrected chi connectivity index (χ2v) is 6.11. The van der Waals surface area contributed by atoms with Crippen molar-refractivity contribution < 1.29 is 4.79 Å². The summed E-state index contributed by atoms with van der Waals surface area (Å²) < 4.78 is 0. The van der Waals surface area contributed by atoms with E-state index in [1.807, 2.05) is 44.2 Å². The Morgan fingerprint density at radius 2 is 2.00 bits per heavy atom. The van der Waals surface area contributed by atoms with Gasteiger partial charge in [0.2, 0.25) is 5.91 Å². The molecule has 3 atom stereocenters. The fourth-order valence-electron chi connectivity index (χ4n) is 2.56. The summed E-state index contributed by atoms with van der Waals surface area (Å²) in [6.07, 6.45) is 2.29. The maximum atomic E-state index is 12.4. The van der Waals surface area contributed by atoms with Crippen LogP contribution in [0.2, 0.25) is 0 Å². The van der Waals surface area contributed by atoms with Gasteiger partial charge in [-0.1, -0.05) is 37.3 Å². The van der Waals surface area contributed by atoms with Crippen molar-refractivity contribution in [3.8, 4) is 0 Å². The molecule has 1 saturated carbocycles. The summed E-state index contributed by atoms with van der Waals surface area (Å²) in [5.41, 5.74) is 12.7. The van der Waals surface area contributed by atoms with Crippen molar-refractivity contribution in [1.82, 2.24) is 5.32 Å². The zero-order valence-corrected chi connectivity index (χ0v) is 12.3. The summed E-state index contributed by atoms with van der Waals surface area (Å²) in [4.78, 5) is 12.4. The molecule has 0 aliphatic heterocycles. The summed E-state index contributed by atoms with van der Waals surface area (Å²) in [5, 5.41) is 3.11. The molecule has 4 nitrogen and oxygen atoms in total. The third-order valence-corrected chi connectivity index (χ3v) is 4.45. The van der Waals surface area contributed by atoms with Crippen molar-refractivity contribution in [1.29, 1.82) is 0 Å². The first-order chi connectivity index (χ1) is 9.48. The zero-order valence-electron chi connectivity index (χ0n) is 12.3. The second-order valence-electron chi connectivity index (χ2n) is 6.11. The van der Waals surface area contributed by atoms with Crippen LogP contribution in [0.1, 0.15) is 38.3 Å². The van der Waals surface area contributed by atoms with Gasteiger partial charge in [0.25, 0.3) is 0 Å². The van der Waals surface area contributed by atoms with E-state index in [4.69, 9.17) is 11.5 Å². The SMILES string of the molecule is CC(C(=O)NC(C)(CN)C1CC1)C(N)c1ccccc1. The van der Waals surface area contributed by atoms with Gasteiger partial charge >= 0.3 is 0 Å². The molecule has 0 saturated heterocycles. The third-order valence-electron chi connectivity index (χ3n) is 4.45. The zero-order chi connectivity index (χ0) is 14.8. The molecule has 1 aromatic carbocycles. The largest absolute Gasteiger partial charge is 0.349 e. The van der Waals surface area contributed by atoms with Crippen LogP contribution in [0.15, 0.2) is 30.3 Å². The normalized spacial score (nSPS) is 20.8. The van der Waals surface area contributed by atoms with E-state index in [1.165, 1.54) is 0 Å². The monoisotopic (exact) mass is 275 g/mol. The molecule has 3 unspecified atom stereocenters. The van der Waals surface area contributed by atoms with Gasteiger partial charge in [0.05, 0.1) is 11.5 Å². The van der Waals surface area contributed by atoms with E-state index >= 15 is 0 Å². The maximum absolute atomic E-state index is 12.4. The molecular formula is C16H25N3O. The van der Waals surface area contributed by atoms with Crippen LogP contribution in [0.5, 0.6) is 0 Å². The topological polar surface area (TPSA) is 81.1 Å². The first-order valence-corrected chi connectivity index (χ1v) is 7.30. The first-order valence-electron chi connectivity index (χ1n) is 7.30. The number of benzene rings is 1. The molecule has 0 radical (unpaired) electrons. The quantitative estimate of drug-likeness (QED) is 0.737. The standard InChI is InChI=1S/C16H25N3O/c1-11(14(18)12-6-4-3-5-7-12)15(20)19-16(2,10-17)13-8-9-13/h3-7,11,13-14H,8-10,17-18H2,1-2H3,(H,19,20). The van der Waals surface area contributed by atoms with Crippen LogP contribution in [0.25, 0.3) is 0 Å². The smallest absolute Gasteiger partial charge is 0.225 e. The Bertz CT molecular complexity index is 458. The van der Waals surface area contributed by atoms with Gasteiger partial charge in [-0.05, 0) is 31.2 Å². The number of amides is 1. The highest BCUT2D eigenvalue weighted by Crippen LogP contribution is 2.39. The number of nitrogens with two attached hydrogens (primary N) is 2. The van der Waals surface area contributed by atoms with Gasteiger partial charge < -0.3 is 16.8 Å². The van der Waals surface area contributed by atoms with E-state index in [1.54, 1.807) is 0 Å².